The molecule has 1 rings (SSSR count). The van der Waals surface area contributed by atoms with Gasteiger partial charge in [0.2, 0.25) is 0 Å². The second kappa shape index (κ2) is 3.29. The van der Waals surface area contributed by atoms with Gasteiger partial charge in [0, 0.05) is 6.92 Å². The van der Waals surface area contributed by atoms with Crippen LogP contribution in [0, 0.1) is 0 Å². The maximum absolute atomic E-state index is 10.9. The van der Waals surface area contributed by atoms with Gasteiger partial charge in [-0.05, 0) is 0 Å². The summed E-state index contributed by atoms with van der Waals surface area (Å²) in [5.41, 5.74) is 9.30. The highest BCUT2D eigenvalue weighted by molar-refractivity contribution is 6.05. The number of carbonyl (C=O) groups excluding carboxylic acids is 3. The number of amides is 2. The van der Waals surface area contributed by atoms with Crippen molar-refractivity contribution >= 4 is 17.6 Å². The highest BCUT2D eigenvalue weighted by Gasteiger charge is 2.20. The van der Waals surface area contributed by atoms with Crippen molar-refractivity contribution in [2.75, 3.05) is 0 Å². The number of Topliss-reactive ketones (excluding diaryl/α,β-unsaturated/α-hetero) is 1. The van der Waals surface area contributed by atoms with Crippen LogP contribution in [-0.2, 0) is 0 Å². The summed E-state index contributed by atoms with van der Waals surface area (Å²) in [5, 5.41) is 0. The SMILES string of the molecule is CC(=O)c1nc(C(N)=O)c(C(N)=O)[nH]1. The highest BCUT2D eigenvalue weighted by Crippen LogP contribution is 2.05. The molecule has 0 atom stereocenters. The van der Waals surface area contributed by atoms with E-state index >= 15 is 0 Å². The third-order valence-electron chi connectivity index (χ3n) is 1.52. The van der Waals surface area contributed by atoms with Gasteiger partial charge in [0.15, 0.2) is 17.3 Å². The molecule has 0 aromatic carbocycles. The molecule has 0 bridgehead atoms. The average molecular weight is 196 g/mol. The molecule has 0 spiro atoms. The molecule has 5 N–H and O–H groups in total. The maximum atomic E-state index is 10.9. The number of primary amides is 2. The Bertz CT molecular complexity index is 389. The Morgan fingerprint density at radius 3 is 2.07 bits per heavy atom. The number of H-pyrrole nitrogens is 1. The molecule has 0 radical (unpaired) electrons. The first kappa shape index (κ1) is 9.90. The van der Waals surface area contributed by atoms with E-state index in [-0.39, 0.29) is 17.2 Å². The first-order chi connectivity index (χ1) is 6.43. The Balaban J connectivity index is 3.33. The van der Waals surface area contributed by atoms with Crippen LogP contribution in [0.5, 0.6) is 0 Å². The lowest BCUT2D eigenvalue weighted by Crippen LogP contribution is -2.20. The van der Waals surface area contributed by atoms with Crippen LogP contribution in [0.25, 0.3) is 0 Å². The van der Waals surface area contributed by atoms with E-state index in [1.165, 1.54) is 6.92 Å². The van der Waals surface area contributed by atoms with E-state index in [4.69, 9.17) is 11.5 Å². The third kappa shape index (κ3) is 1.60. The van der Waals surface area contributed by atoms with Crippen LogP contribution in [-0.4, -0.2) is 27.6 Å². The van der Waals surface area contributed by atoms with Crippen LogP contribution in [0.2, 0.25) is 0 Å². The van der Waals surface area contributed by atoms with Gasteiger partial charge < -0.3 is 16.5 Å². The molecule has 0 aliphatic heterocycles. The van der Waals surface area contributed by atoms with Crippen LogP contribution in [0.4, 0.5) is 0 Å². The van der Waals surface area contributed by atoms with E-state index < -0.39 is 17.6 Å². The molecule has 0 saturated carbocycles. The Kier molecular flexibility index (Phi) is 2.32. The minimum atomic E-state index is -0.914. The summed E-state index contributed by atoms with van der Waals surface area (Å²) in [5.74, 6) is -2.34. The molecule has 0 aliphatic carbocycles. The van der Waals surface area contributed by atoms with Gasteiger partial charge in [0.05, 0.1) is 0 Å². The topological polar surface area (TPSA) is 132 Å². The van der Waals surface area contributed by atoms with E-state index in [2.05, 4.69) is 9.97 Å². The van der Waals surface area contributed by atoms with Crippen molar-refractivity contribution in [2.24, 2.45) is 11.5 Å². The van der Waals surface area contributed by atoms with Crippen molar-refractivity contribution in [3.8, 4) is 0 Å². The van der Waals surface area contributed by atoms with Crippen molar-refractivity contribution in [3.05, 3.63) is 17.2 Å². The van der Waals surface area contributed by atoms with Crippen LogP contribution >= 0.6 is 0 Å². The van der Waals surface area contributed by atoms with Gasteiger partial charge in [-0.25, -0.2) is 4.98 Å². The number of ketones is 1. The summed E-state index contributed by atoms with van der Waals surface area (Å²) in [6, 6.07) is 0. The molecule has 1 aromatic heterocycles. The number of aromatic amines is 1. The molecule has 74 valence electrons. The molecule has 7 heteroatoms. The smallest absolute Gasteiger partial charge is 0.269 e. The number of nitrogens with zero attached hydrogens (tertiary/aromatic N) is 1. The van der Waals surface area contributed by atoms with Crippen molar-refractivity contribution < 1.29 is 14.4 Å². The van der Waals surface area contributed by atoms with Gasteiger partial charge in [0.25, 0.3) is 11.8 Å². The monoisotopic (exact) mass is 196 g/mol. The Labute approximate surface area is 78.5 Å². The predicted molar refractivity (Wildman–Crippen MR) is 45.6 cm³/mol. The molecule has 0 aliphatic rings. The number of carbonyl (C=O) groups is 3. The fraction of sp³-hybridized carbons (Fsp3) is 0.143. The Morgan fingerprint density at radius 2 is 1.79 bits per heavy atom. The first-order valence-corrected chi connectivity index (χ1v) is 3.64. The lowest BCUT2D eigenvalue weighted by atomic mass is 10.3. The fourth-order valence-electron chi connectivity index (χ4n) is 0.897. The molecular weight excluding hydrogens is 188 g/mol. The summed E-state index contributed by atoms with van der Waals surface area (Å²) >= 11 is 0. The van der Waals surface area contributed by atoms with Crippen LogP contribution < -0.4 is 11.5 Å². The first-order valence-electron chi connectivity index (χ1n) is 3.64. The number of aromatic nitrogens is 2. The zero-order valence-electron chi connectivity index (χ0n) is 7.33. The number of imidazole rings is 1. The van der Waals surface area contributed by atoms with Crippen molar-refractivity contribution in [3.63, 3.8) is 0 Å². The van der Waals surface area contributed by atoms with Crippen molar-refractivity contribution in [2.45, 2.75) is 6.92 Å². The Morgan fingerprint density at radius 1 is 1.21 bits per heavy atom. The second-order valence-corrected chi connectivity index (χ2v) is 2.59. The van der Waals surface area contributed by atoms with E-state index in [1.54, 1.807) is 0 Å². The fourth-order valence-corrected chi connectivity index (χ4v) is 0.897. The maximum Gasteiger partial charge on any atom is 0.269 e. The van der Waals surface area contributed by atoms with Gasteiger partial charge in [0.1, 0.15) is 5.69 Å². The normalized spacial score (nSPS) is 9.79. The van der Waals surface area contributed by atoms with Gasteiger partial charge in [-0.1, -0.05) is 0 Å². The highest BCUT2D eigenvalue weighted by atomic mass is 16.2. The molecule has 14 heavy (non-hydrogen) atoms. The standard InChI is InChI=1S/C7H8N4O3/c1-2(12)7-10-3(5(8)13)4(11-7)6(9)14/h1H3,(H2,8,13)(H2,9,14)(H,10,11). The Hall–Kier alpha value is -2.18. The average Bonchev–Trinajstić information content (AvgIpc) is 2.47. The number of nitrogens with one attached hydrogen (secondary N) is 1. The number of hydrogen-bond acceptors (Lipinski definition) is 4. The molecule has 0 unspecified atom stereocenters. The molecule has 2 amide bonds. The molecule has 1 heterocycles. The second-order valence-electron chi connectivity index (χ2n) is 2.59. The summed E-state index contributed by atoms with van der Waals surface area (Å²) < 4.78 is 0. The molecular formula is C7H8N4O3. The zero-order chi connectivity index (χ0) is 10.9. The number of rotatable bonds is 3. The van der Waals surface area contributed by atoms with E-state index in [0.717, 1.165) is 0 Å². The van der Waals surface area contributed by atoms with Crippen LogP contribution in [0.3, 0.4) is 0 Å². The van der Waals surface area contributed by atoms with Gasteiger partial charge >= 0.3 is 0 Å². The quantitative estimate of drug-likeness (QED) is 0.524. The van der Waals surface area contributed by atoms with Crippen LogP contribution in [0.1, 0.15) is 38.5 Å². The summed E-state index contributed by atoms with van der Waals surface area (Å²) in [6.07, 6.45) is 0. The number of hydrogen-bond donors (Lipinski definition) is 3. The lowest BCUT2D eigenvalue weighted by Gasteiger charge is -1.90. The van der Waals surface area contributed by atoms with Gasteiger partial charge in [-0.15, -0.1) is 0 Å². The minimum Gasteiger partial charge on any atom is -0.364 e. The van der Waals surface area contributed by atoms with Crippen molar-refractivity contribution in [1.29, 1.82) is 0 Å². The molecule has 7 nitrogen and oxygen atoms in total. The number of nitrogens with two attached hydrogens (primary N) is 2. The zero-order valence-corrected chi connectivity index (χ0v) is 7.33. The third-order valence-corrected chi connectivity index (χ3v) is 1.52. The molecule has 0 saturated heterocycles. The predicted octanol–water partition coefficient (Wildman–Crippen LogP) is -1.19. The van der Waals surface area contributed by atoms with Crippen LogP contribution in [0.15, 0.2) is 0 Å². The largest absolute Gasteiger partial charge is 0.364 e. The minimum absolute atomic E-state index is 0.118. The lowest BCUT2D eigenvalue weighted by molar-refractivity contribution is 0.0962. The van der Waals surface area contributed by atoms with E-state index in [9.17, 15) is 14.4 Å². The summed E-state index contributed by atoms with van der Waals surface area (Å²) in [6.45, 7) is 1.23. The van der Waals surface area contributed by atoms with Crippen molar-refractivity contribution in [1.82, 2.24) is 9.97 Å². The molecule has 1 aromatic rings. The molecule has 0 fully saturated rings. The van der Waals surface area contributed by atoms with E-state index in [1.807, 2.05) is 0 Å². The van der Waals surface area contributed by atoms with E-state index in [0.29, 0.717) is 0 Å². The summed E-state index contributed by atoms with van der Waals surface area (Å²) in [7, 11) is 0. The van der Waals surface area contributed by atoms with Gasteiger partial charge in [-0.2, -0.15) is 0 Å². The summed E-state index contributed by atoms with van der Waals surface area (Å²) in [4.78, 5) is 38.3. The van der Waals surface area contributed by atoms with Gasteiger partial charge in [-0.3, -0.25) is 14.4 Å².